The van der Waals surface area contributed by atoms with Crippen molar-refractivity contribution in [2.45, 2.75) is 45.2 Å². The van der Waals surface area contributed by atoms with Crippen LogP contribution in [0.1, 0.15) is 42.9 Å². The minimum atomic E-state index is -0.0206. The third-order valence-electron chi connectivity index (χ3n) is 5.63. The molecule has 1 aromatic heterocycles. The van der Waals surface area contributed by atoms with Gasteiger partial charge in [-0.05, 0) is 63.9 Å². The average Bonchev–Trinajstić information content (AvgIpc) is 2.90. The largest absolute Gasteiger partial charge is 0.441 e. The van der Waals surface area contributed by atoms with Gasteiger partial charge in [0.1, 0.15) is 5.52 Å². The Balaban J connectivity index is 1.58. The van der Waals surface area contributed by atoms with Gasteiger partial charge in [0.2, 0.25) is 0 Å². The molecule has 0 saturated carbocycles. The first-order chi connectivity index (χ1) is 10.9. The summed E-state index contributed by atoms with van der Waals surface area (Å²) in [6.45, 7) is 8.59. The molecule has 3 saturated heterocycles. The van der Waals surface area contributed by atoms with Crippen molar-refractivity contribution >= 4 is 17.0 Å². The number of fused-ring (bicyclic) bond motifs is 4. The Morgan fingerprint density at radius 2 is 2.09 bits per heavy atom. The van der Waals surface area contributed by atoms with Crippen LogP contribution in [0.3, 0.4) is 0 Å². The van der Waals surface area contributed by atoms with Crippen molar-refractivity contribution < 1.29 is 9.21 Å². The van der Waals surface area contributed by atoms with E-state index in [9.17, 15) is 4.79 Å². The Hall–Kier alpha value is -1.88. The lowest BCUT2D eigenvalue weighted by molar-refractivity contribution is -0.0378. The van der Waals surface area contributed by atoms with Gasteiger partial charge in [0, 0.05) is 24.1 Å². The standard InChI is InChI=1S/C18H23N3O2/c1-11-19-14-5-4-13(10-15(14)23-11)17(22)20-16-12-6-8-21(9-7-12)18(16,2)3/h4-5,10,12,16H,6-9H2,1-3H3,(H,20,22). The second kappa shape index (κ2) is 5.06. The number of amides is 1. The molecular weight excluding hydrogens is 290 g/mol. The van der Waals surface area contributed by atoms with Gasteiger partial charge in [-0.2, -0.15) is 0 Å². The van der Waals surface area contributed by atoms with E-state index in [0.717, 1.165) is 18.6 Å². The van der Waals surface area contributed by atoms with Gasteiger partial charge in [-0.3, -0.25) is 9.69 Å². The first-order valence-corrected chi connectivity index (χ1v) is 8.38. The van der Waals surface area contributed by atoms with E-state index in [1.807, 2.05) is 19.1 Å². The summed E-state index contributed by atoms with van der Waals surface area (Å²) in [5.41, 5.74) is 2.12. The van der Waals surface area contributed by atoms with Gasteiger partial charge in [0.25, 0.3) is 5.91 Å². The number of carbonyl (C=O) groups excluding carboxylic acids is 1. The topological polar surface area (TPSA) is 58.4 Å². The fourth-order valence-electron chi connectivity index (χ4n) is 4.28. The lowest BCUT2D eigenvalue weighted by atomic mass is 9.72. The molecule has 4 heterocycles. The highest BCUT2D eigenvalue weighted by molar-refractivity contribution is 5.97. The first kappa shape index (κ1) is 14.7. The Bertz CT molecular complexity index is 757. The van der Waals surface area contributed by atoms with Crippen LogP contribution in [0.4, 0.5) is 0 Å². The summed E-state index contributed by atoms with van der Waals surface area (Å²) < 4.78 is 5.54. The summed E-state index contributed by atoms with van der Waals surface area (Å²) in [7, 11) is 0. The zero-order valence-electron chi connectivity index (χ0n) is 13.9. The molecular formula is C18H23N3O2. The van der Waals surface area contributed by atoms with Crippen molar-refractivity contribution in [1.29, 1.82) is 0 Å². The van der Waals surface area contributed by atoms with Gasteiger partial charge in [0.15, 0.2) is 11.5 Å². The number of aromatic nitrogens is 1. The molecule has 5 rings (SSSR count). The van der Waals surface area contributed by atoms with Crippen molar-refractivity contribution in [3.63, 3.8) is 0 Å². The third kappa shape index (κ3) is 2.34. The van der Waals surface area contributed by atoms with Gasteiger partial charge in [-0.15, -0.1) is 0 Å². The molecule has 5 heteroatoms. The van der Waals surface area contributed by atoms with Gasteiger partial charge in [-0.1, -0.05) is 0 Å². The lowest BCUT2D eigenvalue weighted by Gasteiger charge is -2.56. The Kier molecular flexibility index (Phi) is 3.23. The van der Waals surface area contributed by atoms with E-state index < -0.39 is 0 Å². The fraction of sp³-hybridized carbons (Fsp3) is 0.556. The molecule has 3 fully saturated rings. The number of carbonyl (C=O) groups is 1. The quantitative estimate of drug-likeness (QED) is 0.926. The molecule has 0 spiro atoms. The van der Waals surface area contributed by atoms with Crippen LogP contribution < -0.4 is 5.32 Å². The molecule has 3 aliphatic rings. The number of oxazole rings is 1. The number of nitrogens with one attached hydrogen (secondary N) is 1. The summed E-state index contributed by atoms with van der Waals surface area (Å²) in [4.78, 5) is 19.5. The summed E-state index contributed by atoms with van der Waals surface area (Å²) in [5.74, 6) is 1.18. The molecule has 1 atom stereocenters. The van der Waals surface area contributed by atoms with Crippen LogP contribution in [-0.2, 0) is 0 Å². The van der Waals surface area contributed by atoms with E-state index in [1.165, 1.54) is 12.8 Å². The Labute approximate surface area is 136 Å². The van der Waals surface area contributed by atoms with Gasteiger partial charge >= 0.3 is 0 Å². The van der Waals surface area contributed by atoms with Crippen LogP contribution in [-0.4, -0.2) is 40.5 Å². The van der Waals surface area contributed by atoms with Crippen molar-refractivity contribution in [3.8, 4) is 0 Å². The van der Waals surface area contributed by atoms with E-state index in [2.05, 4.69) is 29.0 Å². The van der Waals surface area contributed by atoms with Crippen molar-refractivity contribution in [3.05, 3.63) is 29.7 Å². The first-order valence-electron chi connectivity index (χ1n) is 8.38. The van der Waals surface area contributed by atoms with E-state index in [-0.39, 0.29) is 17.5 Å². The second-order valence-corrected chi connectivity index (χ2v) is 7.34. The van der Waals surface area contributed by atoms with Gasteiger partial charge in [-0.25, -0.2) is 4.98 Å². The molecule has 5 nitrogen and oxygen atoms in total. The summed E-state index contributed by atoms with van der Waals surface area (Å²) >= 11 is 0. The maximum Gasteiger partial charge on any atom is 0.251 e. The normalized spacial score (nSPS) is 28.9. The van der Waals surface area contributed by atoms with E-state index >= 15 is 0 Å². The molecule has 23 heavy (non-hydrogen) atoms. The number of hydrogen-bond acceptors (Lipinski definition) is 4. The molecule has 2 aromatic rings. The van der Waals surface area contributed by atoms with Crippen LogP contribution in [0.2, 0.25) is 0 Å². The predicted molar refractivity (Wildman–Crippen MR) is 88.4 cm³/mol. The van der Waals surface area contributed by atoms with Crippen LogP contribution in [0.25, 0.3) is 11.1 Å². The predicted octanol–water partition coefficient (Wildman–Crippen LogP) is 2.74. The molecule has 3 aliphatic heterocycles. The van der Waals surface area contributed by atoms with E-state index in [0.29, 0.717) is 23.0 Å². The van der Waals surface area contributed by atoms with Gasteiger partial charge < -0.3 is 9.73 Å². The Morgan fingerprint density at radius 3 is 2.78 bits per heavy atom. The summed E-state index contributed by atoms with van der Waals surface area (Å²) in [6.07, 6.45) is 2.35. The smallest absolute Gasteiger partial charge is 0.251 e. The second-order valence-electron chi connectivity index (χ2n) is 7.34. The molecule has 1 unspecified atom stereocenters. The number of piperidine rings is 3. The third-order valence-corrected chi connectivity index (χ3v) is 5.63. The molecule has 2 bridgehead atoms. The number of nitrogens with zero attached hydrogens (tertiary/aromatic N) is 2. The highest BCUT2D eigenvalue weighted by Crippen LogP contribution is 2.39. The summed E-state index contributed by atoms with van der Waals surface area (Å²) in [5, 5.41) is 3.29. The van der Waals surface area contributed by atoms with E-state index in [1.54, 1.807) is 6.07 Å². The molecule has 0 aliphatic carbocycles. The number of rotatable bonds is 2. The van der Waals surface area contributed by atoms with Crippen molar-refractivity contribution in [1.82, 2.24) is 15.2 Å². The maximum atomic E-state index is 12.7. The SMILES string of the molecule is Cc1nc2ccc(C(=O)NC3C4CCN(CC4)C3(C)C)cc2o1. The number of hydrogen-bond donors (Lipinski definition) is 1. The van der Waals surface area contributed by atoms with Crippen LogP contribution in [0.5, 0.6) is 0 Å². The van der Waals surface area contributed by atoms with Crippen LogP contribution in [0, 0.1) is 12.8 Å². The fourth-order valence-corrected chi connectivity index (χ4v) is 4.28. The average molecular weight is 313 g/mol. The molecule has 1 N–H and O–H groups in total. The molecule has 1 aromatic carbocycles. The Morgan fingerprint density at radius 1 is 1.35 bits per heavy atom. The highest BCUT2D eigenvalue weighted by Gasteiger charge is 2.48. The zero-order valence-corrected chi connectivity index (χ0v) is 13.9. The minimum absolute atomic E-state index is 0.0176. The van der Waals surface area contributed by atoms with Crippen LogP contribution >= 0.6 is 0 Å². The van der Waals surface area contributed by atoms with Crippen molar-refractivity contribution in [2.75, 3.05) is 13.1 Å². The molecule has 122 valence electrons. The van der Waals surface area contributed by atoms with Crippen LogP contribution in [0.15, 0.2) is 22.6 Å². The number of aryl methyl sites for hydroxylation is 1. The molecule has 0 radical (unpaired) electrons. The summed E-state index contributed by atoms with van der Waals surface area (Å²) in [6, 6.07) is 5.67. The minimum Gasteiger partial charge on any atom is -0.441 e. The zero-order chi connectivity index (χ0) is 16.2. The van der Waals surface area contributed by atoms with Gasteiger partial charge in [0.05, 0.1) is 0 Å². The van der Waals surface area contributed by atoms with E-state index in [4.69, 9.17) is 4.42 Å². The highest BCUT2D eigenvalue weighted by atomic mass is 16.3. The van der Waals surface area contributed by atoms with Crippen molar-refractivity contribution in [2.24, 2.45) is 5.92 Å². The molecule has 1 amide bonds. The lowest BCUT2D eigenvalue weighted by Crippen LogP contribution is -2.69. The monoisotopic (exact) mass is 313 g/mol. The maximum absolute atomic E-state index is 12.7. The number of benzene rings is 1.